The molecule has 0 radical (unpaired) electrons. The summed E-state index contributed by atoms with van der Waals surface area (Å²) in [6.45, 7) is 4.00. The van der Waals surface area contributed by atoms with Gasteiger partial charge in [0.2, 0.25) is 0 Å². The summed E-state index contributed by atoms with van der Waals surface area (Å²) in [4.78, 5) is 21.4. The van der Waals surface area contributed by atoms with Crippen LogP contribution < -0.4 is 4.74 Å². The Bertz CT molecular complexity index is 933. The molecule has 0 saturated carbocycles. The highest BCUT2D eigenvalue weighted by Gasteiger charge is 2.22. The lowest BCUT2D eigenvalue weighted by molar-refractivity contribution is 0.0628. The number of carbonyl (C=O) groups is 1. The molecule has 1 amide bonds. The number of ether oxygens (including phenoxy) is 1. The Hall–Kier alpha value is -3.19. The highest BCUT2D eigenvalue weighted by molar-refractivity contribution is 5.95. The maximum Gasteiger partial charge on any atom is 0.253 e. The number of hydrogen-bond acceptors (Lipinski definition) is 5. The van der Waals surface area contributed by atoms with Crippen LogP contribution in [0.4, 0.5) is 0 Å². The quantitative estimate of drug-likeness (QED) is 0.739. The van der Waals surface area contributed by atoms with Gasteiger partial charge in [0.25, 0.3) is 5.91 Å². The van der Waals surface area contributed by atoms with Crippen molar-refractivity contribution in [1.82, 2.24) is 25.0 Å². The lowest BCUT2D eigenvalue weighted by Gasteiger charge is -2.34. The standard InChI is InChI=1S/C21H23N5O2/c1-28-19-7-2-4-16(12-19)14-25-8-10-26(11-9-25)21(27)18-6-3-5-17(13-18)20-22-15-23-24-20/h2-7,12-13,15H,8-11,14H2,1H3,(H,22,23,24). The number of aromatic amines is 1. The van der Waals surface area contributed by atoms with Gasteiger partial charge >= 0.3 is 0 Å². The van der Waals surface area contributed by atoms with Gasteiger partial charge in [0.1, 0.15) is 12.1 Å². The van der Waals surface area contributed by atoms with Gasteiger partial charge < -0.3 is 9.64 Å². The van der Waals surface area contributed by atoms with Gasteiger partial charge in [-0.2, -0.15) is 5.10 Å². The van der Waals surface area contributed by atoms with Crippen molar-refractivity contribution < 1.29 is 9.53 Å². The van der Waals surface area contributed by atoms with Gasteiger partial charge in [-0.3, -0.25) is 14.8 Å². The molecule has 1 aromatic heterocycles. The second-order valence-corrected chi connectivity index (χ2v) is 6.83. The summed E-state index contributed by atoms with van der Waals surface area (Å²) in [5.41, 5.74) is 2.76. The smallest absolute Gasteiger partial charge is 0.253 e. The molecule has 3 aromatic rings. The first-order valence-corrected chi connectivity index (χ1v) is 9.33. The lowest BCUT2D eigenvalue weighted by atomic mass is 10.1. The number of carbonyl (C=O) groups excluding carboxylic acids is 1. The number of piperazine rings is 1. The predicted molar refractivity (Wildman–Crippen MR) is 106 cm³/mol. The van der Waals surface area contributed by atoms with Crippen molar-refractivity contribution in [2.75, 3.05) is 33.3 Å². The fourth-order valence-electron chi connectivity index (χ4n) is 3.46. The van der Waals surface area contributed by atoms with Crippen molar-refractivity contribution in [2.45, 2.75) is 6.54 Å². The highest BCUT2D eigenvalue weighted by Crippen LogP contribution is 2.19. The fraction of sp³-hybridized carbons (Fsp3) is 0.286. The number of hydrogen-bond donors (Lipinski definition) is 1. The summed E-state index contributed by atoms with van der Waals surface area (Å²) in [7, 11) is 1.68. The predicted octanol–water partition coefficient (Wildman–Crippen LogP) is 2.44. The van der Waals surface area contributed by atoms with E-state index < -0.39 is 0 Å². The summed E-state index contributed by atoms with van der Waals surface area (Å²) in [6, 6.07) is 15.6. The first kappa shape index (κ1) is 18.2. The van der Waals surface area contributed by atoms with Crippen LogP contribution in [0.1, 0.15) is 15.9 Å². The lowest BCUT2D eigenvalue weighted by Crippen LogP contribution is -2.48. The average Bonchev–Trinajstić information content (AvgIpc) is 3.29. The molecule has 0 aliphatic carbocycles. The highest BCUT2D eigenvalue weighted by atomic mass is 16.5. The summed E-state index contributed by atoms with van der Waals surface area (Å²) < 4.78 is 5.30. The first-order chi connectivity index (χ1) is 13.7. The van der Waals surface area contributed by atoms with E-state index in [0.717, 1.165) is 44.0 Å². The van der Waals surface area contributed by atoms with Gasteiger partial charge in [0.05, 0.1) is 7.11 Å². The first-order valence-electron chi connectivity index (χ1n) is 9.33. The van der Waals surface area contributed by atoms with Gasteiger partial charge in [-0.1, -0.05) is 24.3 Å². The van der Waals surface area contributed by atoms with Crippen molar-refractivity contribution in [3.05, 3.63) is 66.0 Å². The molecule has 144 valence electrons. The summed E-state index contributed by atoms with van der Waals surface area (Å²) in [5.74, 6) is 1.60. The Labute approximate surface area is 164 Å². The molecule has 1 aliphatic heterocycles. The van der Waals surface area contributed by atoms with Crippen molar-refractivity contribution >= 4 is 5.91 Å². The zero-order valence-corrected chi connectivity index (χ0v) is 15.8. The normalized spacial score (nSPS) is 14.8. The van der Waals surface area contributed by atoms with Crippen molar-refractivity contribution in [2.24, 2.45) is 0 Å². The molecule has 0 bridgehead atoms. The maximum atomic E-state index is 12.9. The van der Waals surface area contributed by atoms with Gasteiger partial charge in [0.15, 0.2) is 5.82 Å². The van der Waals surface area contributed by atoms with E-state index in [1.54, 1.807) is 7.11 Å². The Balaban J connectivity index is 1.37. The molecule has 0 spiro atoms. The second-order valence-electron chi connectivity index (χ2n) is 6.83. The number of nitrogens with zero attached hydrogens (tertiary/aromatic N) is 4. The molecule has 0 unspecified atom stereocenters. The van der Waals surface area contributed by atoms with Gasteiger partial charge in [-0.05, 0) is 29.8 Å². The van der Waals surface area contributed by atoms with Crippen LogP contribution in [0, 0.1) is 0 Å². The van der Waals surface area contributed by atoms with Crippen molar-refractivity contribution in [3.63, 3.8) is 0 Å². The molecule has 1 aliphatic rings. The fourth-order valence-corrected chi connectivity index (χ4v) is 3.46. The zero-order chi connectivity index (χ0) is 19.3. The largest absolute Gasteiger partial charge is 0.497 e. The van der Waals surface area contributed by atoms with E-state index in [9.17, 15) is 4.79 Å². The minimum Gasteiger partial charge on any atom is -0.497 e. The Kier molecular flexibility index (Phi) is 5.34. The Morgan fingerprint density at radius 3 is 2.68 bits per heavy atom. The number of aromatic nitrogens is 3. The number of nitrogens with one attached hydrogen (secondary N) is 1. The van der Waals surface area contributed by atoms with E-state index in [1.807, 2.05) is 41.3 Å². The molecule has 0 atom stereocenters. The van der Waals surface area contributed by atoms with Crippen LogP contribution in [0.2, 0.25) is 0 Å². The molecule has 2 heterocycles. The third kappa shape index (κ3) is 4.04. The van der Waals surface area contributed by atoms with Crippen LogP contribution in [-0.2, 0) is 6.54 Å². The van der Waals surface area contributed by atoms with Gasteiger partial charge in [-0.25, -0.2) is 4.98 Å². The topological polar surface area (TPSA) is 74.3 Å². The molecule has 4 rings (SSSR count). The molecule has 1 saturated heterocycles. The second kappa shape index (κ2) is 8.22. The van der Waals surface area contributed by atoms with Crippen molar-refractivity contribution in [3.8, 4) is 17.1 Å². The summed E-state index contributed by atoms with van der Waals surface area (Å²) in [5, 5.41) is 6.71. The van der Waals surface area contributed by atoms with Gasteiger partial charge in [-0.15, -0.1) is 0 Å². The van der Waals surface area contributed by atoms with E-state index in [1.165, 1.54) is 11.9 Å². The maximum absolute atomic E-state index is 12.9. The number of methoxy groups -OCH3 is 1. The molecule has 28 heavy (non-hydrogen) atoms. The molecular weight excluding hydrogens is 354 g/mol. The summed E-state index contributed by atoms with van der Waals surface area (Å²) >= 11 is 0. The van der Waals surface area contributed by atoms with Crippen LogP contribution in [0.25, 0.3) is 11.4 Å². The van der Waals surface area contributed by atoms with E-state index in [0.29, 0.717) is 11.4 Å². The Morgan fingerprint density at radius 1 is 1.11 bits per heavy atom. The van der Waals surface area contributed by atoms with Crippen LogP contribution >= 0.6 is 0 Å². The van der Waals surface area contributed by atoms with Crippen LogP contribution in [0.15, 0.2) is 54.9 Å². The zero-order valence-electron chi connectivity index (χ0n) is 15.8. The van der Waals surface area contributed by atoms with Crippen molar-refractivity contribution in [1.29, 1.82) is 0 Å². The average molecular weight is 377 g/mol. The molecule has 1 fully saturated rings. The van der Waals surface area contributed by atoms with E-state index in [4.69, 9.17) is 4.74 Å². The third-order valence-electron chi connectivity index (χ3n) is 5.00. The number of amides is 1. The van der Waals surface area contributed by atoms with E-state index in [-0.39, 0.29) is 5.91 Å². The van der Waals surface area contributed by atoms with Gasteiger partial charge in [0, 0.05) is 43.9 Å². The van der Waals surface area contributed by atoms with E-state index >= 15 is 0 Å². The summed E-state index contributed by atoms with van der Waals surface area (Å²) in [6.07, 6.45) is 1.46. The molecular formula is C21H23N5O2. The number of rotatable bonds is 5. The molecule has 7 nitrogen and oxygen atoms in total. The number of H-pyrrole nitrogens is 1. The van der Waals surface area contributed by atoms with Crippen LogP contribution in [0.5, 0.6) is 5.75 Å². The minimum absolute atomic E-state index is 0.0578. The van der Waals surface area contributed by atoms with Crippen LogP contribution in [0.3, 0.4) is 0 Å². The SMILES string of the molecule is COc1cccc(CN2CCN(C(=O)c3cccc(-c4ncn[nH]4)c3)CC2)c1. The third-order valence-corrected chi connectivity index (χ3v) is 5.00. The Morgan fingerprint density at radius 2 is 1.93 bits per heavy atom. The van der Waals surface area contributed by atoms with E-state index in [2.05, 4.69) is 32.2 Å². The number of benzene rings is 2. The molecule has 1 N–H and O–H groups in total. The minimum atomic E-state index is 0.0578. The molecule has 2 aromatic carbocycles. The van der Waals surface area contributed by atoms with Crippen LogP contribution in [-0.4, -0.2) is 64.2 Å². The monoisotopic (exact) mass is 377 g/mol. The molecule has 7 heteroatoms.